The molecule has 6 nitrogen and oxygen atoms in total. The van der Waals surface area contributed by atoms with E-state index in [0.29, 0.717) is 24.0 Å². The van der Waals surface area contributed by atoms with Crippen molar-refractivity contribution in [2.45, 2.75) is 26.8 Å². The molecular weight excluding hydrogens is 374 g/mol. The summed E-state index contributed by atoms with van der Waals surface area (Å²) in [7, 11) is 0. The molecule has 1 fully saturated rings. The summed E-state index contributed by atoms with van der Waals surface area (Å²) in [5.41, 5.74) is 4.23. The van der Waals surface area contributed by atoms with Gasteiger partial charge in [0.15, 0.2) is 5.13 Å². The molecule has 28 heavy (non-hydrogen) atoms. The van der Waals surface area contributed by atoms with Crippen LogP contribution in [0.2, 0.25) is 0 Å². The Morgan fingerprint density at radius 1 is 1.36 bits per heavy atom. The highest BCUT2D eigenvalue weighted by Crippen LogP contribution is 2.29. The molecule has 0 aliphatic carbocycles. The molecule has 1 aromatic carbocycles. The van der Waals surface area contributed by atoms with Crippen molar-refractivity contribution in [3.05, 3.63) is 58.9 Å². The topological polar surface area (TPSA) is 75.4 Å². The SMILES string of the molecule is Cc1ccc(C)c(-c2csc(NC(=O)[C@H]3CC(=O)N(Cc4ccco4)C3)n2)c1. The fraction of sp³-hybridized carbons (Fsp3) is 0.286. The predicted octanol–water partition coefficient (Wildman–Crippen LogP) is 4.01. The highest BCUT2D eigenvalue weighted by Gasteiger charge is 2.35. The number of nitrogens with one attached hydrogen (secondary N) is 1. The zero-order valence-corrected chi connectivity index (χ0v) is 16.6. The minimum absolute atomic E-state index is 0.0354. The monoisotopic (exact) mass is 395 g/mol. The van der Waals surface area contributed by atoms with Gasteiger partial charge in [-0.15, -0.1) is 11.3 Å². The first-order valence-corrected chi connectivity index (χ1v) is 10.0. The van der Waals surface area contributed by atoms with Crippen LogP contribution in [0.15, 0.2) is 46.4 Å². The second-order valence-corrected chi connectivity index (χ2v) is 7.96. The number of aromatic nitrogens is 1. The Morgan fingerprint density at radius 2 is 2.21 bits per heavy atom. The van der Waals surface area contributed by atoms with Crippen LogP contribution in [0.4, 0.5) is 5.13 Å². The van der Waals surface area contributed by atoms with Crippen molar-refractivity contribution in [1.82, 2.24) is 9.88 Å². The molecule has 1 saturated heterocycles. The molecule has 3 aromatic rings. The fourth-order valence-electron chi connectivity index (χ4n) is 3.37. The average Bonchev–Trinajstić information content (AvgIpc) is 3.40. The van der Waals surface area contributed by atoms with Gasteiger partial charge in [-0.1, -0.05) is 17.7 Å². The first-order chi connectivity index (χ1) is 13.5. The number of hydrogen-bond acceptors (Lipinski definition) is 5. The van der Waals surface area contributed by atoms with E-state index in [1.165, 1.54) is 16.9 Å². The molecule has 4 rings (SSSR count). The largest absolute Gasteiger partial charge is 0.467 e. The number of thiazole rings is 1. The first kappa shape index (κ1) is 18.4. The molecular formula is C21H21N3O3S. The van der Waals surface area contributed by atoms with Gasteiger partial charge >= 0.3 is 0 Å². The summed E-state index contributed by atoms with van der Waals surface area (Å²) in [6.45, 7) is 4.87. The van der Waals surface area contributed by atoms with Crippen molar-refractivity contribution in [2.24, 2.45) is 5.92 Å². The van der Waals surface area contributed by atoms with Gasteiger partial charge in [0, 0.05) is 23.9 Å². The number of carbonyl (C=O) groups excluding carboxylic acids is 2. The van der Waals surface area contributed by atoms with E-state index in [1.54, 1.807) is 17.2 Å². The highest BCUT2D eigenvalue weighted by atomic mass is 32.1. The third kappa shape index (κ3) is 3.84. The van der Waals surface area contributed by atoms with Crippen LogP contribution in [-0.2, 0) is 16.1 Å². The lowest BCUT2D eigenvalue weighted by atomic mass is 10.0. The number of furan rings is 1. The molecule has 7 heteroatoms. The molecule has 0 saturated carbocycles. The van der Waals surface area contributed by atoms with Gasteiger partial charge in [-0.2, -0.15) is 0 Å². The number of rotatable bonds is 5. The van der Waals surface area contributed by atoms with Gasteiger partial charge in [0.1, 0.15) is 5.76 Å². The Hall–Kier alpha value is -2.93. The van der Waals surface area contributed by atoms with Crippen molar-refractivity contribution in [3.8, 4) is 11.3 Å². The van der Waals surface area contributed by atoms with Crippen LogP contribution in [0, 0.1) is 19.8 Å². The number of benzene rings is 1. The smallest absolute Gasteiger partial charge is 0.231 e. The molecule has 0 radical (unpaired) electrons. The molecule has 0 spiro atoms. The molecule has 144 valence electrons. The summed E-state index contributed by atoms with van der Waals surface area (Å²) < 4.78 is 5.30. The maximum absolute atomic E-state index is 12.6. The fourth-order valence-corrected chi connectivity index (χ4v) is 4.08. The van der Waals surface area contributed by atoms with E-state index in [2.05, 4.69) is 28.5 Å². The van der Waals surface area contributed by atoms with Crippen molar-refractivity contribution < 1.29 is 14.0 Å². The summed E-state index contributed by atoms with van der Waals surface area (Å²) in [5.74, 6) is 0.131. The van der Waals surface area contributed by atoms with Crippen LogP contribution in [0.25, 0.3) is 11.3 Å². The third-order valence-electron chi connectivity index (χ3n) is 4.92. The normalized spacial score (nSPS) is 16.6. The highest BCUT2D eigenvalue weighted by molar-refractivity contribution is 7.14. The minimum Gasteiger partial charge on any atom is -0.467 e. The summed E-state index contributed by atoms with van der Waals surface area (Å²) >= 11 is 1.39. The lowest BCUT2D eigenvalue weighted by molar-refractivity contribution is -0.128. The van der Waals surface area contributed by atoms with Gasteiger partial charge in [0.25, 0.3) is 0 Å². The number of hydrogen-bond donors (Lipinski definition) is 1. The molecule has 1 aliphatic heterocycles. The molecule has 1 N–H and O–H groups in total. The number of aryl methyl sites for hydroxylation is 2. The number of likely N-dealkylation sites (tertiary alicyclic amines) is 1. The van der Waals surface area contributed by atoms with Crippen LogP contribution in [-0.4, -0.2) is 28.2 Å². The van der Waals surface area contributed by atoms with E-state index in [9.17, 15) is 9.59 Å². The number of nitrogens with zero attached hydrogens (tertiary/aromatic N) is 2. The van der Waals surface area contributed by atoms with Gasteiger partial charge in [0.2, 0.25) is 11.8 Å². The van der Waals surface area contributed by atoms with Crippen molar-refractivity contribution in [1.29, 1.82) is 0 Å². The predicted molar refractivity (Wildman–Crippen MR) is 108 cm³/mol. The standard InChI is InChI=1S/C21H21N3O3S/c1-13-5-6-14(2)17(8-13)18-12-28-21(22-18)23-20(26)15-9-19(25)24(10-15)11-16-4-3-7-27-16/h3-8,12,15H,9-11H2,1-2H3,(H,22,23,26)/t15-/m0/s1. The van der Waals surface area contributed by atoms with Gasteiger partial charge in [-0.25, -0.2) is 4.98 Å². The van der Waals surface area contributed by atoms with Gasteiger partial charge in [0.05, 0.1) is 24.4 Å². The summed E-state index contributed by atoms with van der Waals surface area (Å²) in [5, 5.41) is 5.37. The molecule has 1 atom stereocenters. The van der Waals surface area contributed by atoms with Crippen LogP contribution in [0.3, 0.4) is 0 Å². The van der Waals surface area contributed by atoms with Gasteiger partial charge in [-0.3, -0.25) is 9.59 Å². The molecule has 0 bridgehead atoms. The lowest BCUT2D eigenvalue weighted by Crippen LogP contribution is -2.27. The molecule has 3 heterocycles. The minimum atomic E-state index is -0.379. The Morgan fingerprint density at radius 3 is 3.00 bits per heavy atom. The van der Waals surface area contributed by atoms with Crippen LogP contribution in [0.1, 0.15) is 23.3 Å². The van der Waals surface area contributed by atoms with Crippen molar-refractivity contribution in [3.63, 3.8) is 0 Å². The Balaban J connectivity index is 1.41. The number of amides is 2. The molecule has 0 unspecified atom stereocenters. The summed E-state index contributed by atoms with van der Waals surface area (Å²) in [4.78, 5) is 31.1. The zero-order chi connectivity index (χ0) is 19.7. The van der Waals surface area contributed by atoms with Crippen LogP contribution in [0.5, 0.6) is 0 Å². The van der Waals surface area contributed by atoms with E-state index < -0.39 is 0 Å². The quantitative estimate of drug-likeness (QED) is 0.708. The second kappa shape index (κ2) is 7.59. The van der Waals surface area contributed by atoms with E-state index in [0.717, 1.165) is 16.8 Å². The van der Waals surface area contributed by atoms with Gasteiger partial charge < -0.3 is 14.6 Å². The van der Waals surface area contributed by atoms with E-state index in [4.69, 9.17) is 4.42 Å². The number of anilines is 1. The maximum Gasteiger partial charge on any atom is 0.231 e. The molecule has 1 aliphatic rings. The van der Waals surface area contributed by atoms with Crippen LogP contribution >= 0.6 is 11.3 Å². The first-order valence-electron chi connectivity index (χ1n) is 9.14. The molecule has 2 aromatic heterocycles. The second-order valence-electron chi connectivity index (χ2n) is 7.10. The number of carbonyl (C=O) groups is 2. The Bertz CT molecular complexity index is 1010. The Kier molecular flexibility index (Phi) is 5.00. The Labute approximate surface area is 167 Å². The van der Waals surface area contributed by atoms with E-state index in [1.807, 2.05) is 25.3 Å². The molecule has 2 amide bonds. The van der Waals surface area contributed by atoms with E-state index >= 15 is 0 Å². The van der Waals surface area contributed by atoms with Crippen molar-refractivity contribution >= 4 is 28.3 Å². The maximum atomic E-state index is 12.6. The van der Waals surface area contributed by atoms with Gasteiger partial charge in [-0.05, 0) is 37.6 Å². The van der Waals surface area contributed by atoms with E-state index in [-0.39, 0.29) is 24.2 Å². The lowest BCUT2D eigenvalue weighted by Gasteiger charge is -2.14. The summed E-state index contributed by atoms with van der Waals surface area (Å²) in [6, 6.07) is 9.85. The zero-order valence-electron chi connectivity index (χ0n) is 15.8. The summed E-state index contributed by atoms with van der Waals surface area (Å²) in [6.07, 6.45) is 1.79. The van der Waals surface area contributed by atoms with Crippen LogP contribution < -0.4 is 5.32 Å². The third-order valence-corrected chi connectivity index (χ3v) is 5.67. The average molecular weight is 395 g/mol. The van der Waals surface area contributed by atoms with Crippen molar-refractivity contribution in [2.75, 3.05) is 11.9 Å².